The lowest BCUT2D eigenvalue weighted by atomic mass is 9.79. The molecule has 2 unspecified atom stereocenters. The van der Waals surface area contributed by atoms with E-state index in [1.807, 2.05) is 11.4 Å². The van der Waals surface area contributed by atoms with Crippen molar-refractivity contribution < 1.29 is 9.53 Å². The van der Waals surface area contributed by atoms with Crippen LogP contribution in [-0.4, -0.2) is 23.2 Å². The Morgan fingerprint density at radius 2 is 2.03 bits per heavy atom. The SMILES string of the molecule is O=C(COc1ccc(Cl)cc1Cl)N1N=C2/C(=C/c3cccs3)CCCC2C1c1cccs1. The third-order valence-electron chi connectivity index (χ3n) is 5.70. The number of fused-ring (bicyclic) bond motifs is 1. The van der Waals surface area contributed by atoms with Gasteiger partial charge >= 0.3 is 0 Å². The van der Waals surface area contributed by atoms with Gasteiger partial charge in [-0.3, -0.25) is 4.79 Å². The van der Waals surface area contributed by atoms with Crippen molar-refractivity contribution in [1.82, 2.24) is 5.01 Å². The molecule has 2 aliphatic rings. The van der Waals surface area contributed by atoms with Crippen LogP contribution in [0.15, 0.2) is 63.9 Å². The van der Waals surface area contributed by atoms with E-state index in [0.29, 0.717) is 15.8 Å². The summed E-state index contributed by atoms with van der Waals surface area (Å²) >= 11 is 15.5. The van der Waals surface area contributed by atoms with Crippen LogP contribution in [0.5, 0.6) is 5.75 Å². The number of nitrogens with zero attached hydrogens (tertiary/aromatic N) is 2. The average molecular weight is 503 g/mol. The predicted octanol–water partition coefficient (Wildman–Crippen LogP) is 7.32. The van der Waals surface area contributed by atoms with E-state index in [0.717, 1.165) is 29.9 Å². The molecular weight excluding hydrogens is 483 g/mol. The van der Waals surface area contributed by atoms with Crippen molar-refractivity contribution in [1.29, 1.82) is 0 Å². The number of rotatable bonds is 5. The van der Waals surface area contributed by atoms with E-state index >= 15 is 0 Å². The van der Waals surface area contributed by atoms with E-state index in [-0.39, 0.29) is 24.5 Å². The number of hydrogen-bond donors (Lipinski definition) is 0. The summed E-state index contributed by atoms with van der Waals surface area (Å²) in [4.78, 5) is 15.6. The summed E-state index contributed by atoms with van der Waals surface area (Å²) < 4.78 is 5.74. The Morgan fingerprint density at radius 1 is 1.19 bits per heavy atom. The highest BCUT2D eigenvalue weighted by Gasteiger charge is 2.44. The third kappa shape index (κ3) is 4.37. The molecule has 0 N–H and O–H groups in total. The summed E-state index contributed by atoms with van der Waals surface area (Å²) in [6.45, 7) is -0.142. The molecule has 3 aromatic rings. The van der Waals surface area contributed by atoms with E-state index in [1.54, 1.807) is 45.9 Å². The Balaban J connectivity index is 1.43. The standard InChI is InChI=1S/C24H20Cl2N2O2S2/c25-16-8-9-20(19(26)13-16)30-14-22(29)28-24(21-7-3-11-32-21)18-6-1-4-15(23(18)27-28)12-17-5-2-10-31-17/h2-3,5,7-13,18,24H,1,4,6,14H2/b15-12+. The topological polar surface area (TPSA) is 41.9 Å². The fourth-order valence-electron chi connectivity index (χ4n) is 4.29. The summed E-state index contributed by atoms with van der Waals surface area (Å²) in [6, 6.07) is 13.1. The smallest absolute Gasteiger partial charge is 0.281 e. The highest BCUT2D eigenvalue weighted by molar-refractivity contribution is 7.11. The number of hydrogen-bond acceptors (Lipinski definition) is 5. The van der Waals surface area contributed by atoms with Crippen LogP contribution in [0.2, 0.25) is 10.0 Å². The first-order valence-corrected chi connectivity index (χ1v) is 12.9. The van der Waals surface area contributed by atoms with Gasteiger partial charge in [0.05, 0.1) is 16.8 Å². The van der Waals surface area contributed by atoms with Crippen LogP contribution in [0.4, 0.5) is 0 Å². The minimum atomic E-state index is -0.188. The number of hydrazone groups is 1. The monoisotopic (exact) mass is 502 g/mol. The normalized spacial score (nSPS) is 21.5. The van der Waals surface area contributed by atoms with Gasteiger partial charge in [0, 0.05) is 20.7 Å². The number of amides is 1. The molecule has 2 aromatic heterocycles. The average Bonchev–Trinajstić information content (AvgIpc) is 3.53. The minimum Gasteiger partial charge on any atom is -0.482 e. The first kappa shape index (κ1) is 21.7. The van der Waals surface area contributed by atoms with Gasteiger partial charge in [0.15, 0.2) is 6.61 Å². The van der Waals surface area contributed by atoms with Crippen molar-refractivity contribution in [3.05, 3.63) is 78.6 Å². The summed E-state index contributed by atoms with van der Waals surface area (Å²) in [7, 11) is 0. The largest absolute Gasteiger partial charge is 0.482 e. The second-order valence-electron chi connectivity index (χ2n) is 7.73. The Morgan fingerprint density at radius 3 is 2.78 bits per heavy atom. The van der Waals surface area contributed by atoms with Crippen LogP contribution in [0, 0.1) is 5.92 Å². The fourth-order valence-corrected chi connectivity index (χ4v) is 6.31. The van der Waals surface area contributed by atoms with Crippen LogP contribution < -0.4 is 4.74 Å². The van der Waals surface area contributed by atoms with E-state index in [2.05, 4.69) is 29.7 Å². The molecule has 5 rings (SSSR count). The minimum absolute atomic E-state index is 0.103. The van der Waals surface area contributed by atoms with Crippen LogP contribution in [0.1, 0.15) is 35.1 Å². The molecule has 1 saturated carbocycles. The quantitative estimate of drug-likeness (QED) is 0.366. The summed E-state index contributed by atoms with van der Waals surface area (Å²) in [6.07, 6.45) is 5.29. The number of benzene rings is 1. The van der Waals surface area contributed by atoms with Crippen molar-refractivity contribution in [3.8, 4) is 5.75 Å². The zero-order valence-corrected chi connectivity index (χ0v) is 20.2. The highest BCUT2D eigenvalue weighted by Crippen LogP contribution is 2.45. The van der Waals surface area contributed by atoms with Crippen molar-refractivity contribution in [2.45, 2.75) is 25.3 Å². The molecule has 8 heteroatoms. The maximum Gasteiger partial charge on any atom is 0.281 e. The molecule has 1 aliphatic carbocycles. The molecule has 1 amide bonds. The summed E-state index contributed by atoms with van der Waals surface area (Å²) in [5, 5.41) is 11.5. The zero-order valence-electron chi connectivity index (χ0n) is 17.0. The highest BCUT2D eigenvalue weighted by atomic mass is 35.5. The molecule has 0 bridgehead atoms. The van der Waals surface area contributed by atoms with Crippen molar-refractivity contribution in [2.24, 2.45) is 11.0 Å². The number of ether oxygens (including phenoxy) is 1. The van der Waals surface area contributed by atoms with Gasteiger partial charge in [-0.1, -0.05) is 35.3 Å². The molecule has 0 spiro atoms. The number of allylic oxidation sites excluding steroid dienone is 1. The maximum atomic E-state index is 13.3. The molecule has 2 atom stereocenters. The van der Waals surface area contributed by atoms with Crippen LogP contribution >= 0.6 is 45.9 Å². The molecular formula is C24H20Cl2N2O2S2. The van der Waals surface area contributed by atoms with Gasteiger partial charge in [-0.25, -0.2) is 5.01 Å². The summed E-state index contributed by atoms with van der Waals surface area (Å²) in [5.41, 5.74) is 2.25. The second kappa shape index (κ2) is 9.40. The zero-order chi connectivity index (χ0) is 22.1. The number of halogens is 2. The predicted molar refractivity (Wildman–Crippen MR) is 133 cm³/mol. The van der Waals surface area contributed by atoms with Crippen LogP contribution in [-0.2, 0) is 4.79 Å². The molecule has 0 radical (unpaired) electrons. The Bertz CT molecular complexity index is 1170. The van der Waals surface area contributed by atoms with Gasteiger partial charge in [0.25, 0.3) is 5.91 Å². The molecule has 0 saturated heterocycles. The maximum absolute atomic E-state index is 13.3. The Kier molecular flexibility index (Phi) is 6.37. The Hall–Kier alpha value is -2.12. The van der Waals surface area contributed by atoms with Gasteiger partial charge in [-0.2, -0.15) is 5.10 Å². The van der Waals surface area contributed by atoms with Gasteiger partial charge in [-0.05, 0) is 72.0 Å². The second-order valence-corrected chi connectivity index (χ2v) is 10.5. The van der Waals surface area contributed by atoms with Gasteiger partial charge < -0.3 is 4.74 Å². The van der Waals surface area contributed by atoms with Crippen molar-refractivity contribution >= 4 is 63.6 Å². The first-order valence-electron chi connectivity index (χ1n) is 10.4. The summed E-state index contributed by atoms with van der Waals surface area (Å²) in [5.74, 6) is 0.433. The molecule has 164 valence electrons. The number of carbonyl (C=O) groups excluding carboxylic acids is 1. The molecule has 1 aromatic carbocycles. The third-order valence-corrected chi connectivity index (χ3v) is 7.99. The van der Waals surface area contributed by atoms with E-state index in [4.69, 9.17) is 33.0 Å². The lowest BCUT2D eigenvalue weighted by molar-refractivity contribution is -0.135. The number of thiophene rings is 2. The lowest BCUT2D eigenvalue weighted by Gasteiger charge is -2.28. The van der Waals surface area contributed by atoms with Gasteiger partial charge in [-0.15, -0.1) is 22.7 Å². The lowest BCUT2D eigenvalue weighted by Crippen LogP contribution is -2.34. The Labute approximate surface area is 204 Å². The van der Waals surface area contributed by atoms with Crippen molar-refractivity contribution in [3.63, 3.8) is 0 Å². The fraction of sp³-hybridized carbons (Fsp3) is 0.250. The van der Waals surface area contributed by atoms with Crippen LogP contribution in [0.25, 0.3) is 6.08 Å². The van der Waals surface area contributed by atoms with Gasteiger partial charge in [0.2, 0.25) is 0 Å². The number of carbonyl (C=O) groups is 1. The van der Waals surface area contributed by atoms with Crippen molar-refractivity contribution in [2.75, 3.05) is 6.61 Å². The van der Waals surface area contributed by atoms with Gasteiger partial charge in [0.1, 0.15) is 5.75 Å². The van der Waals surface area contributed by atoms with E-state index in [1.165, 1.54) is 10.5 Å². The molecule has 3 heterocycles. The van der Waals surface area contributed by atoms with Crippen LogP contribution in [0.3, 0.4) is 0 Å². The van der Waals surface area contributed by atoms with E-state index in [9.17, 15) is 4.79 Å². The first-order chi connectivity index (χ1) is 15.6. The molecule has 1 aliphatic heterocycles. The molecule has 1 fully saturated rings. The molecule has 32 heavy (non-hydrogen) atoms. The van der Waals surface area contributed by atoms with E-state index < -0.39 is 0 Å². The molecule has 4 nitrogen and oxygen atoms in total.